The van der Waals surface area contributed by atoms with E-state index < -0.39 is 22.2 Å². The van der Waals surface area contributed by atoms with Gasteiger partial charge in [0.1, 0.15) is 11.8 Å². The zero-order chi connectivity index (χ0) is 21.8. The van der Waals surface area contributed by atoms with E-state index in [1.54, 1.807) is 12.1 Å². The summed E-state index contributed by atoms with van der Waals surface area (Å²) in [4.78, 5) is 4.41. The molecule has 2 atom stereocenters. The van der Waals surface area contributed by atoms with Gasteiger partial charge in [0.15, 0.2) is 5.82 Å². The maximum atomic E-state index is 13.0. The number of aryl methyl sites for hydroxylation is 2. The summed E-state index contributed by atoms with van der Waals surface area (Å²) in [7, 11) is -3.74. The Morgan fingerprint density at radius 1 is 1.03 bits per heavy atom. The second kappa shape index (κ2) is 9.17. The number of aromatic hydroxyl groups is 1. The van der Waals surface area contributed by atoms with E-state index in [4.69, 9.17) is 4.52 Å². The molecular formula is C22H25N3O5S. The molecule has 1 aliphatic heterocycles. The number of aromatic nitrogens is 2. The molecule has 0 radical (unpaired) electrons. The van der Waals surface area contributed by atoms with Crippen LogP contribution >= 0.6 is 0 Å². The minimum Gasteiger partial charge on any atom is -0.508 e. The van der Waals surface area contributed by atoms with E-state index in [0.29, 0.717) is 17.8 Å². The highest BCUT2D eigenvalue weighted by Gasteiger charge is 2.42. The molecule has 0 aliphatic carbocycles. The van der Waals surface area contributed by atoms with E-state index in [9.17, 15) is 18.6 Å². The summed E-state index contributed by atoms with van der Waals surface area (Å²) in [5, 5.41) is 23.6. The quantitative estimate of drug-likeness (QED) is 0.549. The van der Waals surface area contributed by atoms with Crippen LogP contribution in [0.25, 0.3) is 0 Å². The average Bonchev–Trinajstić information content (AvgIpc) is 3.37. The van der Waals surface area contributed by atoms with Gasteiger partial charge < -0.3 is 14.7 Å². The first kappa shape index (κ1) is 21.5. The zero-order valence-electron chi connectivity index (χ0n) is 17.0. The van der Waals surface area contributed by atoms with Crippen LogP contribution in [-0.2, 0) is 28.6 Å². The molecule has 8 nitrogen and oxygen atoms in total. The van der Waals surface area contributed by atoms with Gasteiger partial charge in [0, 0.05) is 19.4 Å². The molecule has 0 amide bonds. The first-order valence-corrected chi connectivity index (χ1v) is 11.8. The maximum absolute atomic E-state index is 13.0. The van der Waals surface area contributed by atoms with Gasteiger partial charge in [0.05, 0.1) is 11.9 Å². The van der Waals surface area contributed by atoms with Gasteiger partial charge >= 0.3 is 0 Å². The molecule has 2 N–H and O–H groups in total. The van der Waals surface area contributed by atoms with Gasteiger partial charge in [-0.2, -0.15) is 9.29 Å². The minimum atomic E-state index is -3.74. The molecule has 4 rings (SSSR count). The van der Waals surface area contributed by atoms with Crippen LogP contribution in [-0.4, -0.2) is 45.7 Å². The van der Waals surface area contributed by atoms with Crippen LogP contribution in [0, 0.1) is 0 Å². The summed E-state index contributed by atoms with van der Waals surface area (Å²) in [6.45, 7) is -0.0171. The summed E-state index contributed by atoms with van der Waals surface area (Å²) in [5.41, 5.74) is 1.78. The third-order valence-electron chi connectivity index (χ3n) is 5.35. The van der Waals surface area contributed by atoms with Crippen LogP contribution in [0.5, 0.6) is 5.75 Å². The number of phenols is 1. The van der Waals surface area contributed by atoms with Crippen molar-refractivity contribution in [1.82, 2.24) is 14.4 Å². The molecule has 0 bridgehead atoms. The number of benzene rings is 2. The Kier molecular flexibility index (Phi) is 6.35. The average molecular weight is 444 g/mol. The van der Waals surface area contributed by atoms with Crippen LogP contribution in [0.15, 0.2) is 59.1 Å². The smallest absolute Gasteiger partial charge is 0.245 e. The number of nitrogens with zero attached hydrogens (tertiary/aromatic N) is 3. The Balaban J connectivity index is 1.43. The van der Waals surface area contributed by atoms with E-state index in [1.165, 1.54) is 22.0 Å². The van der Waals surface area contributed by atoms with Crippen LogP contribution in [0.1, 0.15) is 41.7 Å². The number of rotatable bonds is 8. The van der Waals surface area contributed by atoms with Crippen LogP contribution in [0.2, 0.25) is 0 Å². The molecule has 1 saturated heterocycles. The molecule has 1 aromatic heterocycles. The van der Waals surface area contributed by atoms with Crippen molar-refractivity contribution in [3.8, 4) is 5.75 Å². The van der Waals surface area contributed by atoms with Gasteiger partial charge in [-0.3, -0.25) is 0 Å². The second-order valence-electron chi connectivity index (χ2n) is 7.79. The van der Waals surface area contributed by atoms with Crippen molar-refractivity contribution in [3.05, 3.63) is 77.4 Å². The van der Waals surface area contributed by atoms with Crippen molar-refractivity contribution < 1.29 is 23.2 Å². The summed E-state index contributed by atoms with van der Waals surface area (Å²) >= 11 is 0. The predicted molar refractivity (Wildman–Crippen MR) is 114 cm³/mol. The van der Waals surface area contributed by atoms with Crippen molar-refractivity contribution in [2.45, 2.75) is 43.6 Å². The highest BCUT2D eigenvalue weighted by molar-refractivity contribution is 7.88. The molecule has 0 unspecified atom stereocenters. The summed E-state index contributed by atoms with van der Waals surface area (Å²) in [6, 6.07) is 15.4. The van der Waals surface area contributed by atoms with E-state index in [0.717, 1.165) is 12.8 Å². The molecule has 9 heteroatoms. The van der Waals surface area contributed by atoms with E-state index in [2.05, 4.69) is 22.3 Å². The molecule has 31 heavy (non-hydrogen) atoms. The first-order valence-electron chi connectivity index (χ1n) is 10.2. The number of hydrogen-bond donors (Lipinski definition) is 2. The van der Waals surface area contributed by atoms with Crippen LogP contribution in [0.3, 0.4) is 0 Å². The fourth-order valence-electron chi connectivity index (χ4n) is 3.80. The Bertz CT molecular complexity index is 1100. The van der Waals surface area contributed by atoms with E-state index in [-0.39, 0.29) is 30.4 Å². The fourth-order valence-corrected chi connectivity index (χ4v) is 5.54. The number of aliphatic hydroxyl groups is 1. The molecule has 1 aliphatic rings. The Morgan fingerprint density at radius 3 is 2.52 bits per heavy atom. The molecule has 2 heterocycles. The lowest BCUT2D eigenvalue weighted by Gasteiger charge is -2.21. The number of phenolic OH excluding ortho intramolecular Hbond substituents is 1. The highest BCUT2D eigenvalue weighted by atomic mass is 32.2. The summed E-state index contributed by atoms with van der Waals surface area (Å²) in [5.74, 6) is 0.569. The Labute approximate surface area is 181 Å². The van der Waals surface area contributed by atoms with Gasteiger partial charge in [-0.05, 0) is 36.1 Å². The zero-order valence-corrected chi connectivity index (χ0v) is 17.8. The molecular weight excluding hydrogens is 418 g/mol. The van der Waals surface area contributed by atoms with Gasteiger partial charge in [0.2, 0.25) is 15.9 Å². The monoisotopic (exact) mass is 443 g/mol. The molecule has 2 aromatic carbocycles. The van der Waals surface area contributed by atoms with Gasteiger partial charge in [-0.1, -0.05) is 47.6 Å². The highest BCUT2D eigenvalue weighted by Crippen LogP contribution is 2.35. The first-order chi connectivity index (χ1) is 14.9. The van der Waals surface area contributed by atoms with Gasteiger partial charge in [-0.15, -0.1) is 0 Å². The number of aliphatic hydroxyl groups excluding tert-OH is 1. The predicted octanol–water partition coefficient (Wildman–Crippen LogP) is 2.59. The SMILES string of the molecule is O=S(=O)(Cc1ccc(O)cc1)N1C[C@H](O)C[C@H]1c1nc(CCCc2ccccc2)no1. The van der Waals surface area contributed by atoms with Crippen molar-refractivity contribution >= 4 is 10.0 Å². The lowest BCUT2D eigenvalue weighted by atomic mass is 10.1. The summed E-state index contributed by atoms with van der Waals surface area (Å²) < 4.78 is 32.7. The molecule has 0 spiro atoms. The lowest BCUT2D eigenvalue weighted by Crippen LogP contribution is -2.33. The topological polar surface area (TPSA) is 117 Å². The largest absolute Gasteiger partial charge is 0.508 e. The molecule has 1 fully saturated rings. The summed E-state index contributed by atoms with van der Waals surface area (Å²) in [6.07, 6.45) is 1.76. The second-order valence-corrected chi connectivity index (χ2v) is 9.71. The molecule has 3 aromatic rings. The van der Waals surface area contributed by atoms with E-state index in [1.807, 2.05) is 18.2 Å². The Morgan fingerprint density at radius 2 is 1.77 bits per heavy atom. The number of sulfonamides is 1. The fraction of sp³-hybridized carbons (Fsp3) is 0.364. The van der Waals surface area contributed by atoms with Crippen molar-refractivity contribution in [1.29, 1.82) is 0 Å². The van der Waals surface area contributed by atoms with Crippen molar-refractivity contribution in [2.75, 3.05) is 6.54 Å². The van der Waals surface area contributed by atoms with Gasteiger partial charge in [0.25, 0.3) is 0 Å². The van der Waals surface area contributed by atoms with Crippen molar-refractivity contribution in [2.24, 2.45) is 0 Å². The van der Waals surface area contributed by atoms with Crippen LogP contribution in [0.4, 0.5) is 0 Å². The third kappa shape index (κ3) is 5.30. The Hall–Kier alpha value is -2.75. The van der Waals surface area contributed by atoms with E-state index >= 15 is 0 Å². The molecule has 164 valence electrons. The van der Waals surface area contributed by atoms with Crippen molar-refractivity contribution in [3.63, 3.8) is 0 Å². The van der Waals surface area contributed by atoms with Crippen LogP contribution < -0.4 is 0 Å². The number of hydrogen-bond acceptors (Lipinski definition) is 7. The standard InChI is InChI=1S/C22H25N3O5S/c26-18-11-9-17(10-12-18)15-31(28,29)25-14-19(27)13-20(25)22-23-21(24-30-22)8-4-7-16-5-2-1-3-6-16/h1-3,5-6,9-12,19-20,26-27H,4,7-8,13-15H2/t19-,20+/m1/s1. The maximum Gasteiger partial charge on any atom is 0.245 e. The third-order valence-corrected chi connectivity index (χ3v) is 7.17. The minimum absolute atomic E-state index is 0.0171. The number of β-amino-alcohol motifs (C(OH)–C–C–N with tert-alkyl or cyclic N) is 1. The molecule has 0 saturated carbocycles. The lowest BCUT2D eigenvalue weighted by molar-refractivity contribution is 0.188. The van der Waals surface area contributed by atoms with Gasteiger partial charge in [-0.25, -0.2) is 8.42 Å². The normalized spacial score (nSPS) is 19.6.